The fourth-order valence-corrected chi connectivity index (χ4v) is 4.51. The number of fused-ring (bicyclic) bond motifs is 3. The third kappa shape index (κ3) is 3.57. The molecule has 2 aliphatic heterocycles. The molecule has 1 unspecified atom stereocenters. The Balaban J connectivity index is 1.28. The minimum absolute atomic E-state index is 0.149. The van der Waals surface area contributed by atoms with Crippen LogP contribution in [0.2, 0.25) is 0 Å². The highest BCUT2D eigenvalue weighted by Crippen LogP contribution is 2.30. The first-order valence-corrected chi connectivity index (χ1v) is 10.7. The van der Waals surface area contributed by atoms with Crippen LogP contribution in [0.1, 0.15) is 29.6 Å². The van der Waals surface area contributed by atoms with E-state index >= 15 is 0 Å². The van der Waals surface area contributed by atoms with Crippen molar-refractivity contribution in [1.82, 2.24) is 9.47 Å². The number of carbonyl (C=O) groups excluding carboxylic acids is 3. The number of aromatic nitrogens is 1. The minimum atomic E-state index is -0.413. The molecule has 3 heterocycles. The van der Waals surface area contributed by atoms with Gasteiger partial charge >= 0.3 is 0 Å². The number of anilines is 2. The molecule has 3 aromatic rings. The van der Waals surface area contributed by atoms with Crippen LogP contribution in [0.5, 0.6) is 5.75 Å². The third-order valence-electron chi connectivity index (χ3n) is 6.17. The topological polar surface area (TPSA) is 92.7 Å². The molecule has 32 heavy (non-hydrogen) atoms. The highest BCUT2D eigenvalue weighted by Gasteiger charge is 2.38. The van der Waals surface area contributed by atoms with Gasteiger partial charge in [-0.05, 0) is 55.3 Å². The van der Waals surface area contributed by atoms with Crippen molar-refractivity contribution in [1.29, 1.82) is 0 Å². The molecular formula is C24H24N4O4. The lowest BCUT2D eigenvalue weighted by Crippen LogP contribution is -2.40. The molecule has 0 aliphatic carbocycles. The lowest BCUT2D eigenvalue weighted by atomic mass is 10.1. The molecule has 164 valence electrons. The van der Waals surface area contributed by atoms with Gasteiger partial charge in [-0.25, -0.2) is 0 Å². The number of aryl methyl sites for hydroxylation is 1. The highest BCUT2D eigenvalue weighted by atomic mass is 16.5. The van der Waals surface area contributed by atoms with Gasteiger partial charge in [0, 0.05) is 42.3 Å². The smallest absolute Gasteiger partial charge is 0.256 e. The van der Waals surface area contributed by atoms with Gasteiger partial charge in [-0.2, -0.15) is 0 Å². The number of hydrogen-bond donors (Lipinski definition) is 2. The average Bonchev–Trinajstić information content (AvgIpc) is 3.43. The Morgan fingerprint density at radius 3 is 2.91 bits per heavy atom. The van der Waals surface area contributed by atoms with Gasteiger partial charge in [0.05, 0.1) is 18.4 Å². The lowest BCUT2D eigenvalue weighted by molar-refractivity contribution is -0.119. The summed E-state index contributed by atoms with van der Waals surface area (Å²) in [5.41, 5.74) is 2.47. The number of hydrogen-bond acceptors (Lipinski definition) is 4. The average molecular weight is 432 g/mol. The molecule has 3 amide bonds. The molecule has 2 aliphatic rings. The SMILES string of the molecule is COc1ccc2c(ccn2CCC(=O)Nc2ccc3c(c2)C(=O)N2CCCC2C(=O)N3)c1. The molecule has 1 atom stereocenters. The summed E-state index contributed by atoms with van der Waals surface area (Å²) in [6, 6.07) is 12.4. The molecule has 1 aromatic heterocycles. The second kappa shape index (κ2) is 8.03. The molecular weight excluding hydrogens is 408 g/mol. The van der Waals surface area contributed by atoms with E-state index in [1.54, 1.807) is 30.2 Å². The van der Waals surface area contributed by atoms with Crippen molar-refractivity contribution in [3.8, 4) is 5.75 Å². The summed E-state index contributed by atoms with van der Waals surface area (Å²) >= 11 is 0. The summed E-state index contributed by atoms with van der Waals surface area (Å²) in [4.78, 5) is 39.6. The Bertz CT molecular complexity index is 1230. The van der Waals surface area contributed by atoms with Gasteiger partial charge in [0.25, 0.3) is 5.91 Å². The van der Waals surface area contributed by atoms with Gasteiger partial charge in [-0.3, -0.25) is 14.4 Å². The number of nitrogens with zero attached hydrogens (tertiary/aromatic N) is 2. The number of carbonyl (C=O) groups is 3. The highest BCUT2D eigenvalue weighted by molar-refractivity contribution is 6.11. The standard InChI is InChI=1S/C24H24N4O4/c1-32-17-5-7-20-15(13-17)8-11-27(20)12-9-22(29)25-16-4-6-19-18(14-16)24(31)28-10-2-3-21(28)23(30)26-19/h4-8,11,13-14,21H,2-3,9-10,12H2,1H3,(H,25,29)(H,26,30). The minimum Gasteiger partial charge on any atom is -0.497 e. The van der Waals surface area contributed by atoms with Crippen LogP contribution in [0, 0.1) is 0 Å². The third-order valence-corrected chi connectivity index (χ3v) is 6.17. The van der Waals surface area contributed by atoms with Crippen LogP contribution in [0.15, 0.2) is 48.7 Å². The molecule has 1 saturated heterocycles. The summed E-state index contributed by atoms with van der Waals surface area (Å²) < 4.78 is 7.28. The van der Waals surface area contributed by atoms with E-state index in [9.17, 15) is 14.4 Å². The van der Waals surface area contributed by atoms with Crippen LogP contribution < -0.4 is 15.4 Å². The van der Waals surface area contributed by atoms with Crippen LogP contribution in [0.4, 0.5) is 11.4 Å². The molecule has 0 spiro atoms. The zero-order chi connectivity index (χ0) is 22.2. The molecule has 0 saturated carbocycles. The first kappa shape index (κ1) is 20.1. The maximum absolute atomic E-state index is 13.0. The lowest BCUT2D eigenvalue weighted by Gasteiger charge is -2.20. The van der Waals surface area contributed by atoms with E-state index in [0.717, 1.165) is 23.1 Å². The zero-order valence-electron chi connectivity index (χ0n) is 17.8. The Morgan fingerprint density at radius 1 is 1.19 bits per heavy atom. The van der Waals surface area contributed by atoms with E-state index in [0.29, 0.717) is 36.4 Å². The van der Waals surface area contributed by atoms with Crippen molar-refractivity contribution in [3.63, 3.8) is 0 Å². The number of rotatable bonds is 5. The fraction of sp³-hybridized carbons (Fsp3) is 0.292. The maximum atomic E-state index is 13.0. The summed E-state index contributed by atoms with van der Waals surface area (Å²) in [7, 11) is 1.63. The van der Waals surface area contributed by atoms with Gasteiger partial charge in [-0.15, -0.1) is 0 Å². The molecule has 0 bridgehead atoms. The van der Waals surface area contributed by atoms with Crippen molar-refractivity contribution >= 4 is 40.0 Å². The van der Waals surface area contributed by atoms with Crippen molar-refractivity contribution in [2.45, 2.75) is 31.8 Å². The van der Waals surface area contributed by atoms with Gasteiger partial charge in [0.1, 0.15) is 11.8 Å². The predicted octanol–water partition coefficient (Wildman–Crippen LogP) is 3.24. The molecule has 2 aromatic carbocycles. The number of ether oxygens (including phenoxy) is 1. The van der Waals surface area contributed by atoms with Crippen molar-refractivity contribution in [2.24, 2.45) is 0 Å². The Kier molecular flexibility index (Phi) is 5.05. The second-order valence-corrected chi connectivity index (χ2v) is 8.14. The van der Waals surface area contributed by atoms with E-state index in [1.807, 2.05) is 35.0 Å². The van der Waals surface area contributed by atoms with Crippen molar-refractivity contribution in [2.75, 3.05) is 24.3 Å². The molecule has 2 N–H and O–H groups in total. The summed E-state index contributed by atoms with van der Waals surface area (Å²) in [6.07, 6.45) is 3.73. The first-order chi connectivity index (χ1) is 15.5. The quantitative estimate of drug-likeness (QED) is 0.647. The van der Waals surface area contributed by atoms with Gasteiger partial charge in [0.2, 0.25) is 11.8 Å². The zero-order valence-corrected chi connectivity index (χ0v) is 17.8. The molecule has 8 nitrogen and oxygen atoms in total. The Labute approximate surface area is 185 Å². The normalized spacial score (nSPS) is 17.5. The largest absolute Gasteiger partial charge is 0.497 e. The predicted molar refractivity (Wildman–Crippen MR) is 121 cm³/mol. The molecule has 0 radical (unpaired) electrons. The maximum Gasteiger partial charge on any atom is 0.256 e. The number of benzene rings is 2. The Morgan fingerprint density at radius 2 is 2.06 bits per heavy atom. The van der Waals surface area contributed by atoms with Crippen LogP contribution in [0.25, 0.3) is 10.9 Å². The van der Waals surface area contributed by atoms with Crippen LogP contribution in [-0.4, -0.2) is 46.9 Å². The van der Waals surface area contributed by atoms with E-state index in [1.165, 1.54) is 0 Å². The monoisotopic (exact) mass is 432 g/mol. The van der Waals surface area contributed by atoms with E-state index < -0.39 is 6.04 Å². The van der Waals surface area contributed by atoms with Crippen molar-refractivity contribution < 1.29 is 19.1 Å². The molecule has 1 fully saturated rings. The summed E-state index contributed by atoms with van der Waals surface area (Å²) in [6.45, 7) is 1.10. The van der Waals surface area contributed by atoms with Crippen LogP contribution in [-0.2, 0) is 16.1 Å². The second-order valence-electron chi connectivity index (χ2n) is 8.14. The van der Waals surface area contributed by atoms with Crippen LogP contribution in [0.3, 0.4) is 0 Å². The number of methoxy groups -OCH3 is 1. The first-order valence-electron chi connectivity index (χ1n) is 10.7. The number of amides is 3. The molecule has 8 heteroatoms. The Hall–Kier alpha value is -3.81. The van der Waals surface area contributed by atoms with E-state index in [-0.39, 0.29) is 24.1 Å². The van der Waals surface area contributed by atoms with Crippen molar-refractivity contribution in [3.05, 3.63) is 54.2 Å². The van der Waals surface area contributed by atoms with E-state index in [4.69, 9.17) is 4.74 Å². The van der Waals surface area contributed by atoms with Crippen LogP contribution >= 0.6 is 0 Å². The molecule has 5 rings (SSSR count). The fourth-order valence-electron chi connectivity index (χ4n) is 4.51. The van der Waals surface area contributed by atoms with Gasteiger partial charge in [0.15, 0.2) is 0 Å². The number of nitrogens with one attached hydrogen (secondary N) is 2. The van der Waals surface area contributed by atoms with Gasteiger partial charge in [-0.1, -0.05) is 0 Å². The summed E-state index contributed by atoms with van der Waals surface area (Å²) in [5, 5.41) is 6.78. The van der Waals surface area contributed by atoms with E-state index in [2.05, 4.69) is 10.6 Å². The van der Waals surface area contributed by atoms with Gasteiger partial charge < -0.3 is 24.8 Å². The summed E-state index contributed by atoms with van der Waals surface area (Å²) in [5.74, 6) is 0.320.